The van der Waals surface area contributed by atoms with E-state index in [2.05, 4.69) is 0 Å². The molecule has 6 heteroatoms. The molecule has 102 valence electrons. The van der Waals surface area contributed by atoms with E-state index in [4.69, 9.17) is 5.26 Å². The van der Waals surface area contributed by atoms with Crippen LogP contribution in [0.1, 0.15) is 12.0 Å². The Labute approximate surface area is 118 Å². The number of thioether (sulfide) groups is 1. The molecular weight excluding hydrogens is 280 g/mol. The van der Waals surface area contributed by atoms with Crippen molar-refractivity contribution in [3.8, 4) is 6.07 Å². The van der Waals surface area contributed by atoms with Crippen LogP contribution in [0.15, 0.2) is 29.2 Å². The number of benzene rings is 1. The predicted octanol–water partition coefficient (Wildman–Crippen LogP) is 1.88. The molecule has 0 aliphatic carbocycles. The summed E-state index contributed by atoms with van der Waals surface area (Å²) in [7, 11) is -1.77. The van der Waals surface area contributed by atoms with Crippen LogP contribution in [0.4, 0.5) is 0 Å². The summed E-state index contributed by atoms with van der Waals surface area (Å²) < 4.78 is 26.4. The predicted molar refractivity (Wildman–Crippen MR) is 76.4 cm³/mol. The number of rotatable bonds is 4. The summed E-state index contributed by atoms with van der Waals surface area (Å²) in [5, 5.41) is 8.60. The average Bonchev–Trinajstić information content (AvgIpc) is 2.92. The van der Waals surface area contributed by atoms with Crippen molar-refractivity contribution in [2.45, 2.75) is 23.8 Å². The summed E-state index contributed by atoms with van der Waals surface area (Å²) in [6, 6.07) is 8.71. The molecule has 1 aromatic rings. The Morgan fingerprint density at radius 2 is 2.11 bits per heavy atom. The third-order valence-corrected chi connectivity index (χ3v) is 6.37. The number of hydrogen-bond donors (Lipinski definition) is 0. The van der Waals surface area contributed by atoms with Crippen LogP contribution in [0, 0.1) is 11.3 Å². The maximum atomic E-state index is 12.4. The molecule has 1 unspecified atom stereocenters. The topological polar surface area (TPSA) is 61.2 Å². The van der Waals surface area contributed by atoms with E-state index in [1.54, 1.807) is 43.1 Å². The first kappa shape index (κ1) is 14.4. The minimum absolute atomic E-state index is 0.0915. The molecule has 1 aromatic carbocycles. The lowest BCUT2D eigenvalue weighted by Gasteiger charge is -2.23. The second kappa shape index (κ2) is 5.95. The zero-order valence-corrected chi connectivity index (χ0v) is 12.4. The fourth-order valence-corrected chi connectivity index (χ4v) is 4.79. The van der Waals surface area contributed by atoms with Gasteiger partial charge in [0.2, 0.25) is 10.0 Å². The minimum atomic E-state index is -3.42. The van der Waals surface area contributed by atoms with Crippen LogP contribution < -0.4 is 0 Å². The van der Waals surface area contributed by atoms with Gasteiger partial charge in [0.25, 0.3) is 0 Å². The lowest BCUT2D eigenvalue weighted by atomic mass is 10.2. The van der Waals surface area contributed by atoms with Gasteiger partial charge in [-0.3, -0.25) is 0 Å². The van der Waals surface area contributed by atoms with E-state index in [9.17, 15) is 8.42 Å². The SMILES string of the molecule is CN(C1CCSC1)S(=O)(=O)c1ccc(CC#N)cc1. The normalized spacial score (nSPS) is 19.5. The molecule has 1 fully saturated rings. The molecule has 19 heavy (non-hydrogen) atoms. The maximum Gasteiger partial charge on any atom is 0.243 e. The van der Waals surface area contributed by atoms with Crippen molar-refractivity contribution >= 4 is 21.8 Å². The van der Waals surface area contributed by atoms with Crippen LogP contribution in [0.25, 0.3) is 0 Å². The molecule has 4 nitrogen and oxygen atoms in total. The molecule has 0 bridgehead atoms. The number of sulfonamides is 1. The van der Waals surface area contributed by atoms with E-state index in [-0.39, 0.29) is 6.04 Å². The van der Waals surface area contributed by atoms with Crippen molar-refractivity contribution in [1.29, 1.82) is 5.26 Å². The smallest absolute Gasteiger partial charge is 0.207 e. The summed E-state index contributed by atoms with van der Waals surface area (Å²) in [4.78, 5) is 0.300. The highest BCUT2D eigenvalue weighted by molar-refractivity contribution is 7.99. The maximum absolute atomic E-state index is 12.4. The largest absolute Gasteiger partial charge is 0.243 e. The van der Waals surface area contributed by atoms with Gasteiger partial charge in [-0.05, 0) is 29.9 Å². The van der Waals surface area contributed by atoms with E-state index in [0.717, 1.165) is 23.5 Å². The summed E-state index contributed by atoms with van der Waals surface area (Å²) in [5.74, 6) is 1.88. The van der Waals surface area contributed by atoms with Crippen molar-refractivity contribution in [1.82, 2.24) is 4.31 Å². The molecule has 0 aromatic heterocycles. The van der Waals surface area contributed by atoms with Gasteiger partial charge in [-0.1, -0.05) is 12.1 Å². The summed E-state index contributed by atoms with van der Waals surface area (Å²) in [5.41, 5.74) is 0.834. The summed E-state index contributed by atoms with van der Waals surface area (Å²) >= 11 is 1.79. The van der Waals surface area contributed by atoms with Gasteiger partial charge >= 0.3 is 0 Å². The minimum Gasteiger partial charge on any atom is -0.207 e. The average molecular weight is 296 g/mol. The molecule has 1 heterocycles. The van der Waals surface area contributed by atoms with Gasteiger partial charge in [0.05, 0.1) is 17.4 Å². The van der Waals surface area contributed by atoms with E-state index >= 15 is 0 Å². The second-order valence-electron chi connectivity index (χ2n) is 4.52. The molecule has 1 saturated heterocycles. The highest BCUT2D eigenvalue weighted by atomic mass is 32.2. The second-order valence-corrected chi connectivity index (χ2v) is 7.66. The molecule has 0 amide bonds. The molecular formula is C13H16N2O2S2. The van der Waals surface area contributed by atoms with Gasteiger partial charge < -0.3 is 0 Å². The van der Waals surface area contributed by atoms with Crippen LogP contribution >= 0.6 is 11.8 Å². The number of nitriles is 1. The monoisotopic (exact) mass is 296 g/mol. The van der Waals surface area contributed by atoms with Crippen molar-refractivity contribution in [2.24, 2.45) is 0 Å². The molecule has 0 N–H and O–H groups in total. The van der Waals surface area contributed by atoms with Crippen molar-refractivity contribution in [3.63, 3.8) is 0 Å². The summed E-state index contributed by atoms with van der Waals surface area (Å²) in [6.07, 6.45) is 1.21. The van der Waals surface area contributed by atoms with Gasteiger partial charge in [-0.15, -0.1) is 0 Å². The molecule has 0 radical (unpaired) electrons. The number of nitrogens with zero attached hydrogens (tertiary/aromatic N) is 2. The molecule has 2 rings (SSSR count). The molecule has 1 aliphatic heterocycles. The van der Waals surface area contributed by atoms with E-state index in [1.165, 1.54) is 4.31 Å². The van der Waals surface area contributed by atoms with E-state index in [1.807, 2.05) is 6.07 Å². The third kappa shape index (κ3) is 3.11. The number of hydrogen-bond acceptors (Lipinski definition) is 4. The highest BCUT2D eigenvalue weighted by Crippen LogP contribution is 2.26. The Kier molecular flexibility index (Phi) is 4.50. The molecule has 1 atom stereocenters. The van der Waals surface area contributed by atoms with Gasteiger partial charge in [-0.2, -0.15) is 21.3 Å². The van der Waals surface area contributed by atoms with Crippen molar-refractivity contribution in [2.75, 3.05) is 18.6 Å². The Bertz CT molecular complexity index is 570. The van der Waals surface area contributed by atoms with Crippen LogP contribution in [-0.2, 0) is 16.4 Å². The highest BCUT2D eigenvalue weighted by Gasteiger charge is 2.30. The van der Waals surface area contributed by atoms with Gasteiger partial charge in [-0.25, -0.2) is 8.42 Å². The summed E-state index contributed by atoms with van der Waals surface area (Å²) in [6.45, 7) is 0. The molecule has 1 aliphatic rings. The fraction of sp³-hybridized carbons (Fsp3) is 0.462. The van der Waals surface area contributed by atoms with Gasteiger partial charge in [0.15, 0.2) is 0 Å². The molecule has 0 spiro atoms. The Morgan fingerprint density at radius 1 is 1.42 bits per heavy atom. The first-order valence-corrected chi connectivity index (χ1v) is 8.67. The third-order valence-electron chi connectivity index (χ3n) is 3.30. The molecule has 0 saturated carbocycles. The first-order valence-electron chi connectivity index (χ1n) is 6.07. The zero-order chi connectivity index (χ0) is 13.9. The Hall–Kier alpha value is -1.03. The van der Waals surface area contributed by atoms with Crippen molar-refractivity contribution in [3.05, 3.63) is 29.8 Å². The van der Waals surface area contributed by atoms with Gasteiger partial charge in [0, 0.05) is 18.8 Å². The Morgan fingerprint density at radius 3 is 2.63 bits per heavy atom. The van der Waals surface area contributed by atoms with Crippen LogP contribution in [0.3, 0.4) is 0 Å². The van der Waals surface area contributed by atoms with Crippen LogP contribution in [0.2, 0.25) is 0 Å². The van der Waals surface area contributed by atoms with Gasteiger partial charge in [0.1, 0.15) is 0 Å². The van der Waals surface area contributed by atoms with E-state index < -0.39 is 10.0 Å². The quantitative estimate of drug-likeness (QED) is 0.851. The lowest BCUT2D eigenvalue weighted by molar-refractivity contribution is 0.394. The Balaban J connectivity index is 2.21. The zero-order valence-electron chi connectivity index (χ0n) is 10.7. The van der Waals surface area contributed by atoms with Crippen LogP contribution in [0.5, 0.6) is 0 Å². The lowest BCUT2D eigenvalue weighted by Crippen LogP contribution is -2.36. The first-order chi connectivity index (χ1) is 9.05. The van der Waals surface area contributed by atoms with Crippen molar-refractivity contribution < 1.29 is 8.42 Å². The fourth-order valence-electron chi connectivity index (χ4n) is 2.04. The standard InChI is InChI=1S/C13H16N2O2S2/c1-15(12-7-9-18-10-12)19(16,17)13-4-2-11(3-5-13)6-8-14/h2-5,12H,6-7,9-10H2,1H3. The van der Waals surface area contributed by atoms with Crippen LogP contribution in [-0.4, -0.2) is 37.3 Å². The van der Waals surface area contributed by atoms with E-state index in [0.29, 0.717) is 11.3 Å².